The Morgan fingerprint density at radius 1 is 1.40 bits per heavy atom. The lowest BCUT2D eigenvalue weighted by atomic mass is 9.96. The second-order valence-corrected chi connectivity index (χ2v) is 6.16. The average molecular weight is 277 g/mol. The van der Waals surface area contributed by atoms with Crippen LogP contribution in [-0.2, 0) is 11.3 Å². The zero-order chi connectivity index (χ0) is 14.1. The van der Waals surface area contributed by atoms with E-state index in [9.17, 15) is 4.79 Å². The predicted molar refractivity (Wildman–Crippen MR) is 75.1 cm³/mol. The van der Waals surface area contributed by atoms with Gasteiger partial charge in [-0.3, -0.25) is 9.69 Å². The minimum absolute atomic E-state index is 0.143. The van der Waals surface area contributed by atoms with Crippen molar-refractivity contribution in [3.63, 3.8) is 0 Å². The van der Waals surface area contributed by atoms with Crippen LogP contribution in [0.25, 0.3) is 0 Å². The molecule has 1 aromatic heterocycles. The highest BCUT2D eigenvalue weighted by Gasteiger charge is 2.30. The Morgan fingerprint density at radius 3 is 2.85 bits per heavy atom. The molecule has 1 saturated carbocycles. The van der Waals surface area contributed by atoms with Crippen LogP contribution in [0.4, 0.5) is 0 Å². The number of aromatic nitrogens is 1. The quantitative estimate of drug-likeness (QED) is 0.911. The Kier molecular flexibility index (Phi) is 3.78. The van der Waals surface area contributed by atoms with Gasteiger partial charge < -0.3 is 9.84 Å². The molecule has 1 unspecified atom stereocenters. The topological polar surface area (TPSA) is 58.4 Å². The van der Waals surface area contributed by atoms with Gasteiger partial charge in [0.1, 0.15) is 5.76 Å². The molecule has 1 N–H and O–H groups in total. The number of carbonyl (C=O) groups is 1. The van der Waals surface area contributed by atoms with E-state index in [4.69, 9.17) is 4.52 Å². The van der Waals surface area contributed by atoms with Crippen molar-refractivity contribution in [2.24, 2.45) is 5.92 Å². The number of nitrogens with zero attached hydrogens (tertiary/aromatic N) is 2. The van der Waals surface area contributed by atoms with Crippen LogP contribution in [0.2, 0.25) is 0 Å². The van der Waals surface area contributed by atoms with E-state index in [2.05, 4.69) is 15.4 Å². The lowest BCUT2D eigenvalue weighted by Crippen LogP contribution is -2.43. The lowest BCUT2D eigenvalue weighted by Gasteiger charge is -2.31. The fourth-order valence-electron chi connectivity index (χ4n) is 2.91. The first kappa shape index (κ1) is 13.6. The molecule has 0 aromatic carbocycles. The van der Waals surface area contributed by atoms with Gasteiger partial charge >= 0.3 is 0 Å². The third-order valence-electron chi connectivity index (χ3n) is 4.36. The largest absolute Gasteiger partial charge is 0.361 e. The summed E-state index contributed by atoms with van der Waals surface area (Å²) in [5, 5.41) is 7.13. The van der Waals surface area contributed by atoms with E-state index < -0.39 is 0 Å². The molecule has 1 aliphatic heterocycles. The fourth-order valence-corrected chi connectivity index (χ4v) is 2.91. The van der Waals surface area contributed by atoms with Crippen molar-refractivity contribution >= 4 is 5.91 Å². The Labute approximate surface area is 119 Å². The number of aryl methyl sites for hydroxylation is 2. The van der Waals surface area contributed by atoms with Crippen LogP contribution in [0.1, 0.15) is 42.7 Å². The van der Waals surface area contributed by atoms with Crippen molar-refractivity contribution < 1.29 is 9.32 Å². The molecule has 1 saturated heterocycles. The molecule has 1 aliphatic carbocycles. The van der Waals surface area contributed by atoms with Crippen LogP contribution in [0.5, 0.6) is 0 Å². The Bertz CT molecular complexity index is 474. The van der Waals surface area contributed by atoms with Gasteiger partial charge in [-0.2, -0.15) is 0 Å². The third kappa shape index (κ3) is 3.03. The lowest BCUT2D eigenvalue weighted by molar-refractivity contribution is -0.126. The molecule has 1 atom stereocenters. The molecule has 0 bridgehead atoms. The summed E-state index contributed by atoms with van der Waals surface area (Å²) in [6.45, 7) is 6.68. The number of hydrogen-bond donors (Lipinski definition) is 1. The monoisotopic (exact) mass is 277 g/mol. The minimum Gasteiger partial charge on any atom is -0.361 e. The van der Waals surface area contributed by atoms with Crippen molar-refractivity contribution in [2.45, 2.75) is 52.1 Å². The molecule has 20 heavy (non-hydrogen) atoms. The SMILES string of the molecule is Cc1noc(C)c1CN1CCCC(C(=O)NC2CC2)C1. The maximum absolute atomic E-state index is 12.2. The van der Waals surface area contributed by atoms with E-state index in [1.165, 1.54) is 5.56 Å². The van der Waals surface area contributed by atoms with Gasteiger partial charge in [-0.1, -0.05) is 5.16 Å². The summed E-state index contributed by atoms with van der Waals surface area (Å²) in [6, 6.07) is 0.459. The fraction of sp³-hybridized carbons (Fsp3) is 0.733. The molecule has 2 aliphatic rings. The number of likely N-dealkylation sites (tertiary alicyclic amines) is 1. The van der Waals surface area contributed by atoms with Crippen LogP contribution in [0, 0.1) is 19.8 Å². The summed E-state index contributed by atoms with van der Waals surface area (Å²) in [5.74, 6) is 1.29. The molecule has 3 rings (SSSR count). The summed E-state index contributed by atoms with van der Waals surface area (Å²) < 4.78 is 5.22. The van der Waals surface area contributed by atoms with E-state index >= 15 is 0 Å². The van der Waals surface area contributed by atoms with Gasteiger partial charge in [0, 0.05) is 24.7 Å². The van der Waals surface area contributed by atoms with Gasteiger partial charge in [0.25, 0.3) is 0 Å². The predicted octanol–water partition coefficient (Wildman–Crippen LogP) is 1.78. The smallest absolute Gasteiger partial charge is 0.224 e. The Hall–Kier alpha value is -1.36. The van der Waals surface area contributed by atoms with Crippen molar-refractivity contribution in [1.82, 2.24) is 15.4 Å². The van der Waals surface area contributed by atoms with Crippen LogP contribution in [-0.4, -0.2) is 35.1 Å². The molecular weight excluding hydrogens is 254 g/mol. The number of hydrogen-bond acceptors (Lipinski definition) is 4. The van der Waals surface area contributed by atoms with E-state index in [1.807, 2.05) is 13.8 Å². The first-order valence-electron chi connectivity index (χ1n) is 7.58. The molecule has 0 radical (unpaired) electrons. The van der Waals surface area contributed by atoms with Crippen LogP contribution in [0.3, 0.4) is 0 Å². The molecule has 1 amide bonds. The van der Waals surface area contributed by atoms with E-state index in [-0.39, 0.29) is 11.8 Å². The van der Waals surface area contributed by atoms with Gasteiger partial charge in [0.2, 0.25) is 5.91 Å². The van der Waals surface area contributed by atoms with E-state index in [1.54, 1.807) is 0 Å². The first-order valence-corrected chi connectivity index (χ1v) is 7.58. The summed E-state index contributed by atoms with van der Waals surface area (Å²) >= 11 is 0. The van der Waals surface area contributed by atoms with Crippen LogP contribution in [0.15, 0.2) is 4.52 Å². The summed E-state index contributed by atoms with van der Waals surface area (Å²) in [6.07, 6.45) is 4.41. The molecule has 110 valence electrons. The number of carbonyl (C=O) groups excluding carboxylic acids is 1. The number of nitrogens with one attached hydrogen (secondary N) is 1. The first-order chi connectivity index (χ1) is 9.63. The second-order valence-electron chi connectivity index (χ2n) is 6.16. The highest BCUT2D eigenvalue weighted by atomic mass is 16.5. The van der Waals surface area contributed by atoms with Crippen LogP contribution < -0.4 is 5.32 Å². The Balaban J connectivity index is 1.58. The van der Waals surface area contributed by atoms with Crippen molar-refractivity contribution in [3.8, 4) is 0 Å². The van der Waals surface area contributed by atoms with Gasteiger partial charge in [-0.15, -0.1) is 0 Å². The van der Waals surface area contributed by atoms with Crippen molar-refractivity contribution in [2.75, 3.05) is 13.1 Å². The van der Waals surface area contributed by atoms with Crippen LogP contribution >= 0.6 is 0 Å². The van der Waals surface area contributed by atoms with Gasteiger partial charge in [-0.25, -0.2) is 0 Å². The van der Waals surface area contributed by atoms with Gasteiger partial charge in [0.05, 0.1) is 11.6 Å². The molecule has 2 fully saturated rings. The average Bonchev–Trinajstić information content (AvgIpc) is 3.20. The Morgan fingerprint density at radius 2 is 2.20 bits per heavy atom. The molecular formula is C15H23N3O2. The molecule has 2 heterocycles. The molecule has 1 aromatic rings. The molecule has 5 heteroatoms. The normalized spacial score (nSPS) is 23.8. The number of rotatable bonds is 4. The highest BCUT2D eigenvalue weighted by Crippen LogP contribution is 2.24. The van der Waals surface area contributed by atoms with Crippen molar-refractivity contribution in [1.29, 1.82) is 0 Å². The zero-order valence-electron chi connectivity index (χ0n) is 12.3. The van der Waals surface area contributed by atoms with E-state index in [0.717, 1.165) is 56.8 Å². The summed E-state index contributed by atoms with van der Waals surface area (Å²) in [5.41, 5.74) is 2.14. The van der Waals surface area contributed by atoms with Gasteiger partial charge in [-0.05, 0) is 46.1 Å². The highest BCUT2D eigenvalue weighted by molar-refractivity contribution is 5.79. The van der Waals surface area contributed by atoms with Gasteiger partial charge in [0.15, 0.2) is 0 Å². The second kappa shape index (κ2) is 5.56. The standard InChI is InChI=1S/C15H23N3O2/c1-10-14(11(2)20-17-10)9-18-7-3-4-12(8-18)15(19)16-13-5-6-13/h12-13H,3-9H2,1-2H3,(H,16,19). The molecule has 5 nitrogen and oxygen atoms in total. The molecule has 0 spiro atoms. The third-order valence-corrected chi connectivity index (χ3v) is 4.36. The number of piperidine rings is 1. The summed E-state index contributed by atoms with van der Waals surface area (Å²) in [4.78, 5) is 14.5. The van der Waals surface area contributed by atoms with Crippen molar-refractivity contribution in [3.05, 3.63) is 17.0 Å². The maximum atomic E-state index is 12.2. The zero-order valence-corrected chi connectivity index (χ0v) is 12.3. The maximum Gasteiger partial charge on any atom is 0.224 e. The number of amides is 1. The minimum atomic E-state index is 0.143. The van der Waals surface area contributed by atoms with E-state index in [0.29, 0.717) is 6.04 Å². The summed E-state index contributed by atoms with van der Waals surface area (Å²) in [7, 11) is 0.